The van der Waals surface area contributed by atoms with E-state index in [9.17, 15) is 9.59 Å². The van der Waals surface area contributed by atoms with Gasteiger partial charge in [0.25, 0.3) is 5.91 Å². The van der Waals surface area contributed by atoms with Gasteiger partial charge in [-0.25, -0.2) is 4.68 Å². The molecule has 1 fully saturated rings. The Labute approximate surface area is 227 Å². The highest BCUT2D eigenvalue weighted by molar-refractivity contribution is 6.34. The number of anilines is 1. The predicted molar refractivity (Wildman–Crippen MR) is 149 cm³/mol. The summed E-state index contributed by atoms with van der Waals surface area (Å²) in [5, 5.41) is 11.6. The number of aromatic nitrogens is 3. The van der Waals surface area contributed by atoms with E-state index in [4.69, 9.17) is 11.6 Å². The van der Waals surface area contributed by atoms with Crippen LogP contribution < -0.4 is 10.6 Å². The summed E-state index contributed by atoms with van der Waals surface area (Å²) in [7, 11) is 0. The third-order valence-corrected chi connectivity index (χ3v) is 6.61. The molecule has 0 unspecified atom stereocenters. The van der Waals surface area contributed by atoms with Crippen LogP contribution in [0.15, 0.2) is 60.9 Å². The highest BCUT2D eigenvalue weighted by atomic mass is 35.5. The molecule has 2 aromatic carbocycles. The first-order valence-corrected chi connectivity index (χ1v) is 12.4. The van der Waals surface area contributed by atoms with Crippen molar-refractivity contribution in [1.29, 1.82) is 0 Å². The van der Waals surface area contributed by atoms with E-state index in [0.717, 1.165) is 27.8 Å². The summed E-state index contributed by atoms with van der Waals surface area (Å²) < 4.78 is 1.87. The van der Waals surface area contributed by atoms with Crippen LogP contribution in [0.3, 0.4) is 0 Å². The summed E-state index contributed by atoms with van der Waals surface area (Å²) in [5.74, 6) is 0.152. The Balaban J connectivity index is 0.00000320. The molecular weight excluding hydrogens is 509 g/mol. The Hall–Kier alpha value is -3.42. The summed E-state index contributed by atoms with van der Waals surface area (Å²) in [4.78, 5) is 29.9. The van der Waals surface area contributed by atoms with Crippen LogP contribution in [0.1, 0.15) is 61.1 Å². The van der Waals surface area contributed by atoms with E-state index in [1.54, 1.807) is 24.4 Å². The lowest BCUT2D eigenvalue weighted by Crippen LogP contribution is -2.34. The quantitative estimate of drug-likeness (QED) is 0.302. The molecule has 192 valence electrons. The molecule has 2 N–H and O–H groups in total. The molecule has 0 saturated heterocycles. The van der Waals surface area contributed by atoms with E-state index in [2.05, 4.69) is 26.8 Å². The molecule has 9 heteroatoms. The molecule has 0 spiro atoms. The minimum atomic E-state index is -0.495. The molecular formula is C28H29Cl2N5O2. The first-order chi connectivity index (χ1) is 17.2. The Bertz CT molecular complexity index is 1470. The van der Waals surface area contributed by atoms with E-state index in [0.29, 0.717) is 28.7 Å². The molecule has 0 bridgehead atoms. The van der Waals surface area contributed by atoms with Gasteiger partial charge in [0.2, 0.25) is 5.91 Å². The Morgan fingerprint density at radius 3 is 2.62 bits per heavy atom. The Morgan fingerprint density at radius 2 is 1.89 bits per heavy atom. The second-order valence-corrected chi connectivity index (χ2v) is 10.6. The second kappa shape index (κ2) is 10.5. The van der Waals surface area contributed by atoms with Crippen LogP contribution in [0.25, 0.3) is 16.6 Å². The molecule has 2 aromatic heterocycles. The van der Waals surface area contributed by atoms with Crippen LogP contribution in [-0.4, -0.2) is 26.6 Å². The summed E-state index contributed by atoms with van der Waals surface area (Å²) in [6, 6.07) is 14.9. The van der Waals surface area contributed by atoms with Crippen LogP contribution in [-0.2, 0) is 11.3 Å². The molecule has 2 amide bonds. The number of amides is 2. The number of pyridine rings is 1. The molecule has 0 atom stereocenters. The first kappa shape index (κ1) is 26.6. The van der Waals surface area contributed by atoms with Crippen molar-refractivity contribution in [1.82, 2.24) is 20.1 Å². The average molecular weight is 538 g/mol. The average Bonchev–Trinajstić information content (AvgIpc) is 3.61. The lowest BCUT2D eigenvalue weighted by molar-refractivity contribution is -0.128. The van der Waals surface area contributed by atoms with E-state index >= 15 is 0 Å². The van der Waals surface area contributed by atoms with Crippen molar-refractivity contribution in [2.24, 2.45) is 5.41 Å². The number of carbonyl (C=O) groups is 2. The number of halogens is 2. The second-order valence-electron chi connectivity index (χ2n) is 10.2. The molecule has 7 nitrogen and oxygen atoms in total. The number of benzene rings is 2. The Kier molecular flexibility index (Phi) is 7.57. The van der Waals surface area contributed by atoms with Crippen LogP contribution in [0, 0.1) is 5.41 Å². The molecule has 37 heavy (non-hydrogen) atoms. The number of nitrogens with one attached hydrogen (secondary N) is 2. The summed E-state index contributed by atoms with van der Waals surface area (Å²) >= 11 is 6.37. The molecule has 0 aliphatic heterocycles. The van der Waals surface area contributed by atoms with Gasteiger partial charge < -0.3 is 10.6 Å². The molecule has 1 aliphatic rings. The third kappa shape index (κ3) is 5.78. The van der Waals surface area contributed by atoms with Crippen molar-refractivity contribution < 1.29 is 9.59 Å². The summed E-state index contributed by atoms with van der Waals surface area (Å²) in [5.41, 5.74) is 4.19. The largest absolute Gasteiger partial charge is 0.352 e. The molecule has 4 aromatic rings. The van der Waals surface area contributed by atoms with Gasteiger partial charge in [0.1, 0.15) is 0 Å². The zero-order chi connectivity index (χ0) is 25.4. The van der Waals surface area contributed by atoms with Crippen LogP contribution >= 0.6 is 24.0 Å². The molecule has 1 aliphatic carbocycles. The lowest BCUT2D eigenvalue weighted by atomic mass is 9.95. The number of hydrogen-bond donors (Lipinski definition) is 2. The van der Waals surface area contributed by atoms with Crippen molar-refractivity contribution in [2.45, 2.75) is 46.1 Å². The van der Waals surface area contributed by atoms with E-state index in [1.165, 1.54) is 12.8 Å². The van der Waals surface area contributed by atoms with Crippen LogP contribution in [0.4, 0.5) is 5.69 Å². The normalized spacial score (nSPS) is 13.2. The molecule has 2 heterocycles. The Morgan fingerprint density at radius 1 is 1.11 bits per heavy atom. The number of fused-ring (bicyclic) bond motifs is 1. The SMILES string of the molecule is CC(C)(C)C(=O)NCc1ccc(Cl)c(C(=O)Nc2cccc3c2cnn3-c2ccnc(C3CC3)c2)c1.Cl. The smallest absolute Gasteiger partial charge is 0.257 e. The number of nitrogens with zero attached hydrogens (tertiary/aromatic N) is 3. The summed E-state index contributed by atoms with van der Waals surface area (Å²) in [6.07, 6.45) is 5.93. The van der Waals surface area contributed by atoms with Crippen molar-refractivity contribution >= 4 is 52.4 Å². The fourth-order valence-electron chi connectivity index (χ4n) is 4.03. The molecule has 1 saturated carbocycles. The number of carbonyl (C=O) groups excluding carboxylic acids is 2. The maximum Gasteiger partial charge on any atom is 0.257 e. The van der Waals surface area contributed by atoms with Gasteiger partial charge in [-0.2, -0.15) is 5.10 Å². The molecule has 0 radical (unpaired) electrons. The van der Waals surface area contributed by atoms with Gasteiger partial charge >= 0.3 is 0 Å². The van der Waals surface area contributed by atoms with Crippen LogP contribution in [0.2, 0.25) is 5.02 Å². The maximum absolute atomic E-state index is 13.2. The monoisotopic (exact) mass is 537 g/mol. The van der Waals surface area contributed by atoms with E-state index in [1.807, 2.05) is 55.9 Å². The number of rotatable bonds is 6. The molecule has 5 rings (SSSR count). The van der Waals surface area contributed by atoms with Crippen molar-refractivity contribution in [3.8, 4) is 5.69 Å². The summed E-state index contributed by atoms with van der Waals surface area (Å²) in [6.45, 7) is 5.87. The van der Waals surface area contributed by atoms with Crippen molar-refractivity contribution in [3.05, 3.63) is 82.8 Å². The predicted octanol–water partition coefficient (Wildman–Crippen LogP) is 6.29. The van der Waals surface area contributed by atoms with Gasteiger partial charge in [-0.15, -0.1) is 12.4 Å². The fraction of sp³-hybridized carbons (Fsp3) is 0.286. The van der Waals surface area contributed by atoms with Crippen molar-refractivity contribution in [2.75, 3.05) is 5.32 Å². The third-order valence-electron chi connectivity index (χ3n) is 6.28. The topological polar surface area (TPSA) is 88.9 Å². The standard InChI is InChI=1S/C28H28ClN5O2.ClH/c1-28(2,3)27(36)31-15-17-7-10-22(29)20(13-17)26(35)33-23-5-4-6-25-21(23)16-32-34(25)19-11-12-30-24(14-19)18-8-9-18;/h4-7,10-14,16,18H,8-9,15H2,1-3H3,(H,31,36)(H,33,35);1H. The van der Waals surface area contributed by atoms with Crippen LogP contribution in [0.5, 0.6) is 0 Å². The zero-order valence-corrected chi connectivity index (χ0v) is 22.5. The fourth-order valence-corrected chi connectivity index (χ4v) is 4.23. The lowest BCUT2D eigenvalue weighted by Gasteiger charge is -2.18. The van der Waals surface area contributed by atoms with Gasteiger partial charge in [-0.3, -0.25) is 14.6 Å². The van der Waals surface area contributed by atoms with Gasteiger partial charge in [0, 0.05) is 35.2 Å². The maximum atomic E-state index is 13.2. The van der Waals surface area contributed by atoms with E-state index < -0.39 is 5.41 Å². The van der Waals surface area contributed by atoms with E-state index in [-0.39, 0.29) is 24.2 Å². The minimum absolute atomic E-state index is 0. The number of hydrogen-bond acceptors (Lipinski definition) is 4. The van der Waals surface area contributed by atoms with Gasteiger partial charge in [0.15, 0.2) is 0 Å². The van der Waals surface area contributed by atoms with Crippen molar-refractivity contribution in [3.63, 3.8) is 0 Å². The first-order valence-electron chi connectivity index (χ1n) is 12.0. The van der Waals surface area contributed by atoms with Gasteiger partial charge in [0.05, 0.1) is 33.7 Å². The van der Waals surface area contributed by atoms with Gasteiger partial charge in [-0.05, 0) is 54.8 Å². The zero-order valence-electron chi connectivity index (χ0n) is 20.9. The highest BCUT2D eigenvalue weighted by Gasteiger charge is 2.25. The van der Waals surface area contributed by atoms with Gasteiger partial charge in [-0.1, -0.05) is 44.5 Å². The minimum Gasteiger partial charge on any atom is -0.352 e. The highest BCUT2D eigenvalue weighted by Crippen LogP contribution is 2.39.